The van der Waals surface area contributed by atoms with E-state index >= 15 is 0 Å². The first-order chi connectivity index (χ1) is 38.5. The monoisotopic (exact) mass is 1180 g/mol. The zero-order valence-corrected chi connectivity index (χ0v) is 47.1. The minimum absolute atomic E-state index is 0.0213. The standard InChI is InChI=1S/C55H70ClN11O12S2/c1-30(68)46-55(79)67(2)45(54(78)62-41(48(60)72)25-33-11-19-37(69)20-12-33)29-81-80-28-44(65-49(73)39(58)24-31-9-17-36(56)18-10-31)53(77)64-43(27-34-13-21-38(70)22-14-34)52(76)63-42(26-32-7-15-35(16-8-32)47(59)71)51(75)61-40(50(74)66-46)6-4-3-5-23-57/h7-22,30,39-46,68-70H,3-6,23-29,57-58H2,1-2H3,(H2,59,71)(H2,60,72)(H,61,75)(H,62,78)(H,63,76)(H,64,77)(H,65,73)(H,66,74)/t30-,39+,40+,41-,42-,43+,44-,45+,46+/m1/s1. The topological polar surface area (TPSA) is 394 Å². The number of nitrogens with two attached hydrogens (primary N) is 4. The van der Waals surface area contributed by atoms with Gasteiger partial charge in [-0.15, -0.1) is 0 Å². The van der Waals surface area contributed by atoms with E-state index in [1.165, 1.54) is 86.8 Å². The number of halogens is 1. The normalized spacial score (nSPS) is 21.0. The van der Waals surface area contributed by atoms with Crippen molar-refractivity contribution < 1.29 is 58.5 Å². The van der Waals surface area contributed by atoms with E-state index in [1.54, 1.807) is 24.3 Å². The Hall–Kier alpha value is -7.42. The maximum Gasteiger partial charge on any atom is 0.248 e. The van der Waals surface area contributed by atoms with E-state index < -0.39 is 108 Å². The maximum atomic E-state index is 14.8. The molecule has 0 unspecified atom stereocenters. The number of aromatic hydroxyl groups is 2. The second-order valence-electron chi connectivity index (χ2n) is 19.6. The van der Waals surface area contributed by atoms with Gasteiger partial charge in [-0.2, -0.15) is 0 Å². The SMILES string of the molecule is C[C@@H](O)[C@@H]1NC(=O)[C@H](CCCCCN)NC(=O)[C@@H](Cc2ccc(C(N)=O)cc2)NC(=O)[C@H](Cc2ccc(O)cc2)NC(=O)[C@H](NC(=O)[C@@H](N)Cc2ccc(Cl)cc2)CSSC[C@@H](C(=O)N[C@H](Cc2ccc(O)cc2)C(N)=O)N(C)C1=O. The summed E-state index contributed by atoms with van der Waals surface area (Å²) >= 11 is 6.08. The maximum absolute atomic E-state index is 14.8. The Kier molecular flexibility index (Phi) is 25.1. The summed E-state index contributed by atoms with van der Waals surface area (Å²) in [5.74, 6) is -8.56. The number of phenols is 2. The first-order valence-corrected chi connectivity index (χ1v) is 28.8. The average molecular weight is 1180 g/mol. The van der Waals surface area contributed by atoms with E-state index in [2.05, 4.69) is 31.9 Å². The second-order valence-corrected chi connectivity index (χ2v) is 22.5. The first kappa shape index (κ1) is 64.4. The molecular weight excluding hydrogens is 1110 g/mol. The molecule has 9 amide bonds. The van der Waals surface area contributed by atoms with Crippen LogP contribution in [0.5, 0.6) is 11.5 Å². The van der Waals surface area contributed by atoms with Crippen LogP contribution in [-0.4, -0.2) is 153 Å². The lowest BCUT2D eigenvalue weighted by Crippen LogP contribution is -2.62. The molecule has 436 valence electrons. The Morgan fingerprint density at radius 1 is 0.679 bits per heavy atom. The third-order valence-corrected chi connectivity index (χ3v) is 15.9. The van der Waals surface area contributed by atoms with Gasteiger partial charge in [0.15, 0.2) is 0 Å². The summed E-state index contributed by atoms with van der Waals surface area (Å²) in [4.78, 5) is 128. The molecule has 0 saturated carbocycles. The van der Waals surface area contributed by atoms with Gasteiger partial charge in [0.2, 0.25) is 53.2 Å². The molecule has 9 atom stereocenters. The minimum atomic E-state index is -1.74. The number of nitrogens with one attached hydrogen (secondary N) is 6. The summed E-state index contributed by atoms with van der Waals surface area (Å²) < 4.78 is 0. The van der Waals surface area contributed by atoms with Crippen molar-refractivity contribution in [3.63, 3.8) is 0 Å². The summed E-state index contributed by atoms with van der Waals surface area (Å²) in [7, 11) is 3.19. The van der Waals surface area contributed by atoms with Gasteiger partial charge in [0.05, 0.1) is 12.1 Å². The molecule has 1 fully saturated rings. The molecule has 1 aliphatic rings. The summed E-state index contributed by atoms with van der Waals surface area (Å²) in [6, 6.07) is 12.4. The van der Waals surface area contributed by atoms with E-state index in [4.69, 9.17) is 34.5 Å². The van der Waals surface area contributed by atoms with Gasteiger partial charge < -0.3 is 75.1 Å². The number of aliphatic hydroxyl groups is 1. The van der Waals surface area contributed by atoms with Crippen molar-refractivity contribution in [2.75, 3.05) is 25.1 Å². The molecule has 5 rings (SSSR count). The molecule has 23 nitrogen and oxygen atoms in total. The number of hydrogen-bond acceptors (Lipinski definition) is 16. The van der Waals surface area contributed by atoms with Crippen LogP contribution in [0.1, 0.15) is 65.2 Å². The molecule has 4 aromatic rings. The van der Waals surface area contributed by atoms with E-state index in [1.807, 2.05) is 0 Å². The van der Waals surface area contributed by atoms with Crippen molar-refractivity contribution in [3.8, 4) is 11.5 Å². The fraction of sp³-hybridized carbons (Fsp3) is 0.400. The van der Waals surface area contributed by atoms with Gasteiger partial charge in [0, 0.05) is 48.4 Å². The molecular formula is C55H70ClN11O12S2. The molecule has 1 heterocycles. The first-order valence-electron chi connectivity index (χ1n) is 26.0. The van der Waals surface area contributed by atoms with E-state index in [-0.39, 0.29) is 60.7 Å². The number of benzene rings is 4. The van der Waals surface area contributed by atoms with Crippen LogP contribution < -0.4 is 54.8 Å². The van der Waals surface area contributed by atoms with Crippen molar-refractivity contribution in [2.45, 2.75) is 113 Å². The van der Waals surface area contributed by atoms with Crippen molar-refractivity contribution in [1.82, 2.24) is 36.8 Å². The molecule has 81 heavy (non-hydrogen) atoms. The predicted molar refractivity (Wildman–Crippen MR) is 307 cm³/mol. The van der Waals surface area contributed by atoms with Crippen molar-refractivity contribution in [2.24, 2.45) is 22.9 Å². The number of hydrogen-bond donors (Lipinski definition) is 13. The molecule has 0 aliphatic carbocycles. The van der Waals surface area contributed by atoms with Gasteiger partial charge >= 0.3 is 0 Å². The third kappa shape index (κ3) is 20.3. The molecule has 0 spiro atoms. The highest BCUT2D eigenvalue weighted by Gasteiger charge is 2.39. The van der Waals surface area contributed by atoms with Gasteiger partial charge in [-0.1, -0.05) is 94.6 Å². The summed E-state index contributed by atoms with van der Waals surface area (Å²) in [5, 5.41) is 47.6. The van der Waals surface area contributed by atoms with Crippen LogP contribution in [0.15, 0.2) is 97.1 Å². The molecule has 0 radical (unpaired) electrons. The van der Waals surface area contributed by atoms with Gasteiger partial charge in [-0.3, -0.25) is 43.2 Å². The van der Waals surface area contributed by atoms with Gasteiger partial charge in [0.1, 0.15) is 53.8 Å². The summed E-state index contributed by atoms with van der Waals surface area (Å²) in [5.41, 5.74) is 25.6. The molecule has 1 saturated heterocycles. The number of carbonyl (C=O) groups excluding carboxylic acids is 9. The largest absolute Gasteiger partial charge is 0.508 e. The van der Waals surface area contributed by atoms with Crippen LogP contribution in [0.3, 0.4) is 0 Å². The number of likely N-dealkylation sites (N-methyl/N-ethyl adjacent to an activating group) is 1. The number of nitrogens with zero attached hydrogens (tertiary/aromatic N) is 1. The highest BCUT2D eigenvalue weighted by atomic mass is 35.5. The highest BCUT2D eigenvalue weighted by molar-refractivity contribution is 8.76. The lowest BCUT2D eigenvalue weighted by atomic mass is 10.00. The van der Waals surface area contributed by atoms with Gasteiger partial charge in [-0.25, -0.2) is 0 Å². The lowest BCUT2D eigenvalue weighted by Gasteiger charge is -2.33. The number of rotatable bonds is 20. The smallest absolute Gasteiger partial charge is 0.248 e. The van der Waals surface area contributed by atoms with E-state index in [9.17, 15) is 58.5 Å². The Balaban J connectivity index is 1.60. The number of amides is 9. The van der Waals surface area contributed by atoms with Crippen LogP contribution in [0.25, 0.3) is 0 Å². The number of carbonyl (C=O) groups is 9. The zero-order valence-electron chi connectivity index (χ0n) is 44.7. The lowest BCUT2D eigenvalue weighted by molar-refractivity contribution is -0.144. The Morgan fingerprint density at radius 2 is 1.17 bits per heavy atom. The summed E-state index contributed by atoms with van der Waals surface area (Å²) in [6.07, 6.45) is -0.781. The molecule has 0 bridgehead atoms. The van der Waals surface area contributed by atoms with Crippen molar-refractivity contribution in [3.05, 3.63) is 130 Å². The van der Waals surface area contributed by atoms with E-state index in [0.717, 1.165) is 26.5 Å². The fourth-order valence-corrected chi connectivity index (χ4v) is 11.0. The minimum Gasteiger partial charge on any atom is -0.508 e. The quantitative estimate of drug-likeness (QED) is 0.0408. The third-order valence-electron chi connectivity index (χ3n) is 13.2. The average Bonchev–Trinajstić information content (AvgIpc) is 3.43. The summed E-state index contributed by atoms with van der Waals surface area (Å²) in [6.45, 7) is 1.56. The number of aliphatic hydroxyl groups excluding tert-OH is 1. The highest BCUT2D eigenvalue weighted by Crippen LogP contribution is 2.26. The predicted octanol–water partition coefficient (Wildman–Crippen LogP) is -0.0360. The van der Waals surface area contributed by atoms with Crippen molar-refractivity contribution in [1.29, 1.82) is 0 Å². The number of unbranched alkanes of at least 4 members (excludes halogenated alkanes) is 2. The van der Waals surface area contributed by atoms with Crippen LogP contribution in [0.4, 0.5) is 0 Å². The number of phenolic OH excluding ortho intramolecular Hbond substituents is 2. The van der Waals surface area contributed by atoms with Gasteiger partial charge in [0.25, 0.3) is 0 Å². The van der Waals surface area contributed by atoms with Crippen LogP contribution in [0.2, 0.25) is 5.02 Å². The van der Waals surface area contributed by atoms with Crippen LogP contribution >= 0.6 is 33.2 Å². The molecule has 0 aromatic heterocycles. The second kappa shape index (κ2) is 31.5. The zero-order chi connectivity index (χ0) is 59.3. The Morgan fingerprint density at radius 3 is 1.72 bits per heavy atom. The molecule has 17 N–H and O–H groups in total. The van der Waals surface area contributed by atoms with Crippen LogP contribution in [0, 0.1) is 0 Å². The Labute approximate surface area is 481 Å². The van der Waals surface area contributed by atoms with Crippen molar-refractivity contribution >= 4 is 86.4 Å². The van der Waals surface area contributed by atoms with Gasteiger partial charge in [-0.05, 0) is 104 Å². The Bertz CT molecular complexity index is 2820. The molecule has 4 aromatic carbocycles. The molecule has 26 heteroatoms. The van der Waals surface area contributed by atoms with E-state index in [0.29, 0.717) is 53.1 Å². The fourth-order valence-electron chi connectivity index (χ4n) is 8.48. The van der Waals surface area contributed by atoms with Crippen LogP contribution in [-0.2, 0) is 64.0 Å². The number of primary amides is 2. The molecule has 1 aliphatic heterocycles.